The molecule has 0 aromatic heterocycles. The molecule has 0 aliphatic heterocycles. The van der Waals surface area contributed by atoms with Gasteiger partial charge in [-0.1, -0.05) is 15.9 Å². The lowest BCUT2D eigenvalue weighted by Crippen LogP contribution is -2.08. The van der Waals surface area contributed by atoms with Gasteiger partial charge in [-0.15, -0.1) is 0 Å². The second kappa shape index (κ2) is 5.85. The fourth-order valence-electron chi connectivity index (χ4n) is 1.82. The number of benzene rings is 2. The zero-order valence-corrected chi connectivity index (χ0v) is 11.9. The van der Waals surface area contributed by atoms with Gasteiger partial charge in [-0.2, -0.15) is 0 Å². The van der Waals surface area contributed by atoms with E-state index in [4.69, 9.17) is 4.74 Å². The summed E-state index contributed by atoms with van der Waals surface area (Å²) in [6, 6.07) is 5.65. The van der Waals surface area contributed by atoms with Crippen LogP contribution in [0.1, 0.15) is 17.2 Å². The molecular formula is C14H10BrF3O2. The fraction of sp³-hybridized carbons (Fsp3) is 0.143. The molecule has 0 amide bonds. The van der Waals surface area contributed by atoms with Gasteiger partial charge in [0.1, 0.15) is 29.3 Å². The van der Waals surface area contributed by atoms with E-state index in [1.54, 1.807) is 0 Å². The predicted octanol–water partition coefficient (Wildman–Crippen LogP) is 3.96. The Labute approximate surface area is 121 Å². The summed E-state index contributed by atoms with van der Waals surface area (Å²) in [5.74, 6) is -2.79. The third-order valence-electron chi connectivity index (χ3n) is 2.81. The van der Waals surface area contributed by atoms with E-state index in [0.29, 0.717) is 4.47 Å². The van der Waals surface area contributed by atoms with Gasteiger partial charge in [0.2, 0.25) is 0 Å². The molecule has 2 aromatic carbocycles. The molecule has 1 N–H and O–H groups in total. The number of aliphatic hydroxyl groups excluding tert-OH is 1. The smallest absolute Gasteiger partial charge is 0.135 e. The lowest BCUT2D eigenvalue weighted by atomic mass is 10.00. The molecule has 1 atom stereocenters. The molecule has 2 aromatic rings. The van der Waals surface area contributed by atoms with Gasteiger partial charge in [-0.25, -0.2) is 13.2 Å². The Morgan fingerprint density at radius 3 is 2.20 bits per heavy atom. The number of halogens is 4. The van der Waals surface area contributed by atoms with Crippen molar-refractivity contribution in [3.05, 3.63) is 63.4 Å². The summed E-state index contributed by atoms with van der Waals surface area (Å²) in [6.45, 7) is 0. The van der Waals surface area contributed by atoms with Crippen LogP contribution in [0.3, 0.4) is 0 Å². The lowest BCUT2D eigenvalue weighted by Gasteiger charge is -2.15. The molecule has 0 aliphatic rings. The molecule has 6 heteroatoms. The molecule has 2 nitrogen and oxygen atoms in total. The topological polar surface area (TPSA) is 29.5 Å². The summed E-state index contributed by atoms with van der Waals surface area (Å²) in [5.41, 5.74) is -0.842. The standard InChI is InChI=1S/C14H10BrF3O2/c1-20-8-5-11(17)13(12(18)6-8)14(19)9-4-7(15)2-3-10(9)16/h2-6,14,19H,1H3. The van der Waals surface area contributed by atoms with E-state index in [0.717, 1.165) is 18.2 Å². The number of rotatable bonds is 3. The van der Waals surface area contributed by atoms with E-state index in [9.17, 15) is 18.3 Å². The molecule has 0 radical (unpaired) electrons. The molecule has 0 fully saturated rings. The molecule has 0 saturated carbocycles. The van der Waals surface area contributed by atoms with E-state index in [1.807, 2.05) is 0 Å². The van der Waals surface area contributed by atoms with Gasteiger partial charge in [0, 0.05) is 22.2 Å². The largest absolute Gasteiger partial charge is 0.497 e. The lowest BCUT2D eigenvalue weighted by molar-refractivity contribution is 0.203. The first-order valence-electron chi connectivity index (χ1n) is 5.60. The van der Waals surface area contributed by atoms with Crippen molar-refractivity contribution in [3.8, 4) is 5.75 Å². The number of aliphatic hydroxyl groups is 1. The first-order valence-corrected chi connectivity index (χ1v) is 6.39. The van der Waals surface area contributed by atoms with Gasteiger partial charge < -0.3 is 9.84 Å². The van der Waals surface area contributed by atoms with Crippen molar-refractivity contribution < 1.29 is 23.0 Å². The Hall–Kier alpha value is -1.53. The normalized spacial score (nSPS) is 12.3. The van der Waals surface area contributed by atoms with Crippen LogP contribution in [0, 0.1) is 17.5 Å². The first kappa shape index (κ1) is 14.9. The highest BCUT2D eigenvalue weighted by Crippen LogP contribution is 2.32. The Morgan fingerprint density at radius 1 is 1.05 bits per heavy atom. The van der Waals surface area contributed by atoms with Crippen LogP contribution in [0.2, 0.25) is 0 Å². The molecule has 20 heavy (non-hydrogen) atoms. The van der Waals surface area contributed by atoms with Crippen LogP contribution in [0.15, 0.2) is 34.8 Å². The molecule has 0 heterocycles. The van der Waals surface area contributed by atoms with Crippen molar-refractivity contribution in [2.45, 2.75) is 6.10 Å². The van der Waals surface area contributed by atoms with Crippen LogP contribution in [0.25, 0.3) is 0 Å². The number of ether oxygens (including phenoxy) is 1. The van der Waals surface area contributed by atoms with Crippen molar-refractivity contribution in [1.29, 1.82) is 0 Å². The second-order valence-electron chi connectivity index (χ2n) is 4.07. The van der Waals surface area contributed by atoms with Crippen molar-refractivity contribution >= 4 is 15.9 Å². The maximum atomic E-state index is 13.9. The van der Waals surface area contributed by atoms with Gasteiger partial charge in [0.25, 0.3) is 0 Å². The van der Waals surface area contributed by atoms with Crippen molar-refractivity contribution in [3.63, 3.8) is 0 Å². The summed E-state index contributed by atoms with van der Waals surface area (Å²) < 4.78 is 46.6. The maximum Gasteiger partial charge on any atom is 0.135 e. The van der Waals surface area contributed by atoms with Gasteiger partial charge in [0.15, 0.2) is 0 Å². The van der Waals surface area contributed by atoms with E-state index in [-0.39, 0.29) is 11.3 Å². The molecule has 0 spiro atoms. The number of hydrogen-bond donors (Lipinski definition) is 1. The molecule has 0 aliphatic carbocycles. The summed E-state index contributed by atoms with van der Waals surface area (Å²) in [5, 5.41) is 10.0. The summed E-state index contributed by atoms with van der Waals surface area (Å²) >= 11 is 3.11. The molecule has 0 bridgehead atoms. The minimum atomic E-state index is -1.75. The zero-order chi connectivity index (χ0) is 14.9. The average molecular weight is 347 g/mol. The van der Waals surface area contributed by atoms with E-state index in [1.165, 1.54) is 19.2 Å². The SMILES string of the molecule is COc1cc(F)c(C(O)c2cc(Br)ccc2F)c(F)c1. The predicted molar refractivity (Wildman–Crippen MR) is 71.1 cm³/mol. The third kappa shape index (κ3) is 2.81. The highest BCUT2D eigenvalue weighted by molar-refractivity contribution is 9.10. The second-order valence-corrected chi connectivity index (χ2v) is 4.99. The Kier molecular flexibility index (Phi) is 4.35. The first-order chi connectivity index (χ1) is 9.43. The molecule has 106 valence electrons. The van der Waals surface area contributed by atoms with Crippen molar-refractivity contribution in [2.75, 3.05) is 7.11 Å². The molecular weight excluding hydrogens is 337 g/mol. The quantitative estimate of drug-likeness (QED) is 0.911. The van der Waals surface area contributed by atoms with Crippen molar-refractivity contribution in [1.82, 2.24) is 0 Å². The van der Waals surface area contributed by atoms with E-state index < -0.39 is 29.1 Å². The van der Waals surface area contributed by atoms with Crippen molar-refractivity contribution in [2.24, 2.45) is 0 Å². The Morgan fingerprint density at radius 2 is 1.65 bits per heavy atom. The molecule has 1 unspecified atom stereocenters. The summed E-state index contributed by atoms with van der Waals surface area (Å²) in [6.07, 6.45) is -1.75. The van der Waals surface area contributed by atoms with Gasteiger partial charge in [-0.05, 0) is 18.2 Å². The van der Waals surface area contributed by atoms with E-state index in [2.05, 4.69) is 15.9 Å². The van der Waals surface area contributed by atoms with Crippen LogP contribution in [-0.2, 0) is 0 Å². The van der Waals surface area contributed by atoms with E-state index >= 15 is 0 Å². The third-order valence-corrected chi connectivity index (χ3v) is 3.31. The summed E-state index contributed by atoms with van der Waals surface area (Å²) in [7, 11) is 1.26. The van der Waals surface area contributed by atoms with Gasteiger partial charge in [-0.3, -0.25) is 0 Å². The summed E-state index contributed by atoms with van der Waals surface area (Å²) in [4.78, 5) is 0. The Bertz CT molecular complexity index is 623. The van der Waals surface area contributed by atoms with Gasteiger partial charge >= 0.3 is 0 Å². The average Bonchev–Trinajstić information content (AvgIpc) is 2.40. The fourth-order valence-corrected chi connectivity index (χ4v) is 2.20. The highest BCUT2D eigenvalue weighted by Gasteiger charge is 2.23. The molecule has 2 rings (SSSR count). The van der Waals surface area contributed by atoms with Crippen LogP contribution in [0.5, 0.6) is 5.75 Å². The Balaban J connectivity index is 2.53. The van der Waals surface area contributed by atoms with Crippen LogP contribution >= 0.6 is 15.9 Å². The van der Waals surface area contributed by atoms with Gasteiger partial charge in [0.05, 0.1) is 12.7 Å². The number of hydrogen-bond acceptors (Lipinski definition) is 2. The van der Waals surface area contributed by atoms with Crippen LogP contribution < -0.4 is 4.74 Å². The number of methoxy groups -OCH3 is 1. The molecule has 0 saturated heterocycles. The maximum absolute atomic E-state index is 13.9. The minimum Gasteiger partial charge on any atom is -0.497 e. The minimum absolute atomic E-state index is 0.0225. The highest BCUT2D eigenvalue weighted by atomic mass is 79.9. The zero-order valence-electron chi connectivity index (χ0n) is 10.3. The van der Waals surface area contributed by atoms with Crippen LogP contribution in [0.4, 0.5) is 13.2 Å². The monoisotopic (exact) mass is 346 g/mol. The van der Waals surface area contributed by atoms with Crippen LogP contribution in [-0.4, -0.2) is 12.2 Å².